The number of furan rings is 1. The zero-order chi connectivity index (χ0) is 30.5. The van der Waals surface area contributed by atoms with Crippen molar-refractivity contribution in [3.63, 3.8) is 0 Å². The van der Waals surface area contributed by atoms with E-state index in [1.807, 2.05) is 42.8 Å². The van der Waals surface area contributed by atoms with Crippen molar-refractivity contribution in [2.75, 3.05) is 75.0 Å². The number of anilines is 3. The molecule has 1 aromatic carbocycles. The summed E-state index contributed by atoms with van der Waals surface area (Å²) in [6, 6.07) is 9.76. The lowest BCUT2D eigenvalue weighted by molar-refractivity contribution is -0.123. The Balaban J connectivity index is 1.08. The van der Waals surface area contributed by atoms with E-state index in [2.05, 4.69) is 25.3 Å². The van der Waals surface area contributed by atoms with Crippen LogP contribution in [0.3, 0.4) is 0 Å². The first-order chi connectivity index (χ1) is 20.7. The highest BCUT2D eigenvalue weighted by Crippen LogP contribution is 2.25. The summed E-state index contributed by atoms with van der Waals surface area (Å²) in [5.74, 6) is 1.30. The topological polar surface area (TPSA) is 156 Å². The van der Waals surface area contributed by atoms with Gasteiger partial charge in [-0.05, 0) is 30.2 Å². The average molecular weight is 595 g/mol. The summed E-state index contributed by atoms with van der Waals surface area (Å²) < 4.78 is 27.5. The van der Waals surface area contributed by atoms with Gasteiger partial charge in [0.2, 0.25) is 17.8 Å². The number of amides is 1. The minimum absolute atomic E-state index is 0.0483. The van der Waals surface area contributed by atoms with Gasteiger partial charge in [-0.1, -0.05) is 13.8 Å². The molecule has 1 aliphatic heterocycles. The molecule has 1 atom stereocenters. The quantitative estimate of drug-likeness (QED) is 0.206. The number of nitrogens with two attached hydrogens (primary N) is 2. The van der Waals surface area contributed by atoms with E-state index in [-0.39, 0.29) is 30.2 Å². The number of likely N-dealkylation sites (N-methyl/N-ethyl adjacent to an activating group) is 1. The monoisotopic (exact) mass is 594 g/mol. The predicted molar refractivity (Wildman–Crippen MR) is 163 cm³/mol. The molecule has 1 unspecified atom stereocenters. The Hall–Kier alpha value is -4.43. The van der Waals surface area contributed by atoms with Crippen molar-refractivity contribution >= 4 is 29.1 Å². The molecule has 1 aliphatic rings. The van der Waals surface area contributed by atoms with Crippen LogP contribution in [0.5, 0.6) is 5.75 Å². The number of fused-ring (bicyclic) bond motifs is 1. The van der Waals surface area contributed by atoms with E-state index in [0.29, 0.717) is 60.7 Å². The maximum Gasteiger partial charge on any atom is 0.237 e. The third kappa shape index (κ3) is 7.14. The predicted octanol–water partition coefficient (Wildman–Crippen LogP) is 1.84. The van der Waals surface area contributed by atoms with Crippen molar-refractivity contribution < 1.29 is 18.3 Å². The number of aromatic nitrogens is 4. The number of nitrogen functional groups attached to an aromatic ring is 1. The van der Waals surface area contributed by atoms with Crippen molar-refractivity contribution in [2.45, 2.75) is 19.9 Å². The zero-order valence-electron chi connectivity index (χ0n) is 24.7. The first kappa shape index (κ1) is 30.0. The summed E-state index contributed by atoms with van der Waals surface area (Å²) in [6.45, 7) is 8.77. The minimum atomic E-state index is -0.563. The van der Waals surface area contributed by atoms with E-state index in [0.717, 1.165) is 19.6 Å². The zero-order valence-corrected chi connectivity index (χ0v) is 24.7. The molecule has 43 heavy (non-hydrogen) atoms. The van der Waals surface area contributed by atoms with E-state index in [1.54, 1.807) is 24.5 Å². The molecule has 1 fully saturated rings. The fourth-order valence-corrected chi connectivity index (χ4v) is 4.81. The van der Waals surface area contributed by atoms with Crippen LogP contribution in [0.15, 0.2) is 47.1 Å². The molecule has 1 saturated heterocycles. The van der Waals surface area contributed by atoms with Gasteiger partial charge in [-0.25, -0.2) is 4.39 Å². The molecule has 230 valence electrons. The molecule has 5 N–H and O–H groups in total. The second-order valence-electron chi connectivity index (χ2n) is 10.9. The van der Waals surface area contributed by atoms with Gasteiger partial charge in [0.05, 0.1) is 24.5 Å². The van der Waals surface area contributed by atoms with E-state index in [1.165, 1.54) is 10.6 Å². The minimum Gasteiger partial charge on any atom is -0.492 e. The third-order valence-corrected chi connectivity index (χ3v) is 7.53. The molecule has 13 nitrogen and oxygen atoms in total. The van der Waals surface area contributed by atoms with Crippen molar-refractivity contribution in [3.8, 4) is 17.2 Å². The lowest BCUT2D eigenvalue weighted by Crippen LogP contribution is -2.48. The Kier molecular flexibility index (Phi) is 9.26. The number of rotatable bonds is 12. The largest absolute Gasteiger partial charge is 0.492 e. The number of carbonyl (C=O) groups excluding carboxylic acids is 1. The van der Waals surface area contributed by atoms with Gasteiger partial charge < -0.3 is 35.7 Å². The Morgan fingerprint density at radius 3 is 2.67 bits per heavy atom. The van der Waals surface area contributed by atoms with Crippen LogP contribution in [0, 0.1) is 11.7 Å². The smallest absolute Gasteiger partial charge is 0.237 e. The van der Waals surface area contributed by atoms with Crippen LogP contribution in [0.25, 0.3) is 17.1 Å². The van der Waals surface area contributed by atoms with Crippen molar-refractivity contribution in [2.24, 2.45) is 11.7 Å². The highest BCUT2D eigenvalue weighted by Gasteiger charge is 2.21. The molecule has 0 radical (unpaired) electrons. The number of benzene rings is 1. The van der Waals surface area contributed by atoms with Crippen LogP contribution in [-0.4, -0.2) is 95.9 Å². The van der Waals surface area contributed by atoms with Gasteiger partial charge in [-0.2, -0.15) is 19.6 Å². The average Bonchev–Trinajstić information content (AvgIpc) is 3.69. The first-order valence-corrected chi connectivity index (χ1v) is 14.4. The molecule has 0 saturated carbocycles. The van der Waals surface area contributed by atoms with E-state index in [4.69, 9.17) is 20.6 Å². The molecule has 3 aromatic heterocycles. The number of nitrogens with zero attached hydrogens (tertiary/aromatic N) is 7. The first-order valence-electron chi connectivity index (χ1n) is 14.4. The number of piperazine rings is 1. The number of nitrogens with one attached hydrogen (secondary N) is 1. The van der Waals surface area contributed by atoms with Crippen molar-refractivity contribution in [1.82, 2.24) is 29.8 Å². The van der Waals surface area contributed by atoms with Gasteiger partial charge in [-0.15, -0.1) is 0 Å². The second kappa shape index (κ2) is 13.3. The number of halogens is 1. The van der Waals surface area contributed by atoms with Crippen LogP contribution in [0.1, 0.15) is 13.8 Å². The van der Waals surface area contributed by atoms with Crippen LogP contribution in [0.4, 0.5) is 22.0 Å². The van der Waals surface area contributed by atoms with E-state index >= 15 is 0 Å². The Bertz CT molecular complexity index is 1520. The molecule has 14 heteroatoms. The number of hydrogen-bond acceptors (Lipinski definition) is 11. The Morgan fingerprint density at radius 2 is 1.98 bits per heavy atom. The lowest BCUT2D eigenvalue weighted by atomic mass is 10.1. The summed E-state index contributed by atoms with van der Waals surface area (Å²) in [5, 5.41) is 7.18. The Labute approximate surface area is 249 Å². The van der Waals surface area contributed by atoms with Crippen LogP contribution < -0.4 is 31.3 Å². The molecule has 4 aromatic rings. The standard InChI is InChI=1S/C29H39FN10O3/c1-19(2)26(31)27(41)33-8-16-42-20-6-7-23(21(30)17-20)39-13-11-38(12-14-39)10-9-37(3)29-34-25-18-22(24-5-4-15-43-24)36-40(25)28(32)35-29/h4-7,15,17-19,26H,8-14,16,31H2,1-3H3,(H,33,41)(H2,32,34,35). The van der Waals surface area contributed by atoms with Gasteiger partial charge >= 0.3 is 0 Å². The third-order valence-electron chi connectivity index (χ3n) is 7.53. The maximum absolute atomic E-state index is 15.0. The number of ether oxygens (including phenoxy) is 1. The molecular formula is C29H39FN10O3. The summed E-state index contributed by atoms with van der Waals surface area (Å²) in [7, 11) is 1.93. The number of carbonyl (C=O) groups is 1. The molecule has 0 aliphatic carbocycles. The molecule has 1 amide bonds. The fourth-order valence-electron chi connectivity index (χ4n) is 4.81. The summed E-state index contributed by atoms with van der Waals surface area (Å²) in [5.41, 5.74) is 13.8. The Morgan fingerprint density at radius 1 is 1.19 bits per heavy atom. The van der Waals surface area contributed by atoms with E-state index in [9.17, 15) is 9.18 Å². The highest BCUT2D eigenvalue weighted by atomic mass is 19.1. The SMILES string of the molecule is CC(C)C(N)C(=O)NCCOc1ccc(N2CCN(CCN(C)c3nc(N)n4nc(-c5ccco5)cc4n3)CC2)c(F)c1. The molecule has 0 spiro atoms. The van der Waals surface area contributed by atoms with E-state index < -0.39 is 6.04 Å². The van der Waals surface area contributed by atoms with Crippen molar-refractivity contribution in [1.29, 1.82) is 0 Å². The van der Waals surface area contributed by atoms with Gasteiger partial charge in [-0.3, -0.25) is 9.69 Å². The summed E-state index contributed by atoms with van der Waals surface area (Å²) in [4.78, 5) is 27.3. The normalized spacial score (nSPS) is 14.8. The van der Waals surface area contributed by atoms with Gasteiger partial charge in [0, 0.05) is 58.4 Å². The summed E-state index contributed by atoms with van der Waals surface area (Å²) >= 11 is 0. The van der Waals surface area contributed by atoms with Gasteiger partial charge in [0.15, 0.2) is 11.4 Å². The highest BCUT2D eigenvalue weighted by molar-refractivity contribution is 5.81. The second-order valence-corrected chi connectivity index (χ2v) is 10.9. The maximum atomic E-state index is 15.0. The van der Waals surface area contributed by atoms with Crippen LogP contribution >= 0.6 is 0 Å². The molecule has 4 heterocycles. The van der Waals surface area contributed by atoms with Gasteiger partial charge in [0.25, 0.3) is 0 Å². The lowest BCUT2D eigenvalue weighted by Gasteiger charge is -2.36. The molecule has 5 rings (SSSR count). The fraction of sp³-hybridized carbons (Fsp3) is 0.448. The van der Waals surface area contributed by atoms with Gasteiger partial charge in [0.1, 0.15) is 23.9 Å². The molecule has 0 bridgehead atoms. The molecular weight excluding hydrogens is 555 g/mol. The summed E-state index contributed by atoms with van der Waals surface area (Å²) in [6.07, 6.45) is 1.59. The van der Waals surface area contributed by atoms with Crippen LogP contribution in [-0.2, 0) is 4.79 Å². The van der Waals surface area contributed by atoms with Crippen LogP contribution in [0.2, 0.25) is 0 Å². The number of hydrogen-bond donors (Lipinski definition) is 3. The van der Waals surface area contributed by atoms with Crippen molar-refractivity contribution in [3.05, 3.63) is 48.5 Å².